The molecule has 0 aromatic rings. The maximum Gasteiger partial charge on any atom is 0.244 e. The minimum atomic E-state index is -0.456. The van der Waals surface area contributed by atoms with E-state index in [1.807, 2.05) is 0 Å². The third-order valence-electron chi connectivity index (χ3n) is 2.42. The Bertz CT molecular complexity index is 271. The highest BCUT2D eigenvalue weighted by molar-refractivity contribution is 5.92. The molecule has 0 saturated carbocycles. The number of amides is 2. The van der Waals surface area contributed by atoms with Crippen molar-refractivity contribution in [3.05, 3.63) is 11.6 Å². The zero-order valence-electron chi connectivity index (χ0n) is 8.38. The van der Waals surface area contributed by atoms with Crippen molar-refractivity contribution < 1.29 is 9.59 Å². The average Bonchev–Trinajstić information content (AvgIpc) is 2.32. The molecular formula is C10H16N2O2. The molecule has 2 amide bonds. The molecule has 1 rings (SSSR count). The van der Waals surface area contributed by atoms with Crippen LogP contribution in [0.2, 0.25) is 0 Å². The Morgan fingerprint density at radius 3 is 2.93 bits per heavy atom. The number of primary amides is 1. The summed E-state index contributed by atoms with van der Waals surface area (Å²) in [5, 5.41) is 2.80. The van der Waals surface area contributed by atoms with Gasteiger partial charge in [0.05, 0.1) is 5.92 Å². The third kappa shape index (κ3) is 2.87. The average molecular weight is 196 g/mol. The number of rotatable bonds is 2. The van der Waals surface area contributed by atoms with Crippen LogP contribution in [-0.4, -0.2) is 18.4 Å². The molecule has 1 saturated heterocycles. The molecular weight excluding hydrogens is 180 g/mol. The van der Waals surface area contributed by atoms with E-state index in [1.165, 1.54) is 0 Å². The van der Waals surface area contributed by atoms with E-state index in [4.69, 9.17) is 5.73 Å². The van der Waals surface area contributed by atoms with E-state index in [9.17, 15) is 9.59 Å². The number of hydrogen-bond donors (Lipinski definition) is 2. The van der Waals surface area contributed by atoms with E-state index in [-0.39, 0.29) is 11.8 Å². The third-order valence-corrected chi connectivity index (χ3v) is 2.42. The molecule has 4 heteroatoms. The quantitative estimate of drug-likeness (QED) is 0.625. The molecule has 1 unspecified atom stereocenters. The first-order valence-corrected chi connectivity index (χ1v) is 4.87. The van der Waals surface area contributed by atoms with E-state index in [0.29, 0.717) is 5.57 Å². The Morgan fingerprint density at radius 2 is 2.29 bits per heavy atom. The zero-order valence-corrected chi connectivity index (χ0v) is 8.38. The molecule has 1 aliphatic heterocycles. The standard InChI is InChI=1S/C10H16N2O2/c1-7(9(11)13)6-8-4-2-3-5-12-10(8)14/h6,8H,2-5H2,1H3,(H2,11,13)(H,12,14)/b7-6+. The molecule has 0 aromatic heterocycles. The van der Waals surface area contributed by atoms with Gasteiger partial charge in [0, 0.05) is 12.1 Å². The minimum Gasteiger partial charge on any atom is -0.366 e. The summed E-state index contributed by atoms with van der Waals surface area (Å²) < 4.78 is 0. The summed E-state index contributed by atoms with van der Waals surface area (Å²) in [5.41, 5.74) is 5.56. The molecule has 0 radical (unpaired) electrons. The highest BCUT2D eigenvalue weighted by Crippen LogP contribution is 2.15. The molecule has 4 nitrogen and oxygen atoms in total. The summed E-state index contributed by atoms with van der Waals surface area (Å²) in [6, 6.07) is 0. The maximum atomic E-state index is 11.5. The Labute approximate surface area is 83.5 Å². The molecule has 78 valence electrons. The summed E-state index contributed by atoms with van der Waals surface area (Å²) in [6.07, 6.45) is 4.48. The first kappa shape index (κ1) is 10.8. The highest BCUT2D eigenvalue weighted by Gasteiger charge is 2.18. The lowest BCUT2D eigenvalue weighted by molar-refractivity contribution is -0.123. The van der Waals surface area contributed by atoms with Crippen molar-refractivity contribution in [2.75, 3.05) is 6.54 Å². The van der Waals surface area contributed by atoms with Gasteiger partial charge in [-0.1, -0.05) is 12.5 Å². The van der Waals surface area contributed by atoms with Crippen LogP contribution >= 0.6 is 0 Å². The van der Waals surface area contributed by atoms with Crippen molar-refractivity contribution in [3.63, 3.8) is 0 Å². The van der Waals surface area contributed by atoms with Gasteiger partial charge in [0.1, 0.15) is 0 Å². The van der Waals surface area contributed by atoms with E-state index in [1.54, 1.807) is 13.0 Å². The lowest BCUT2D eigenvalue weighted by Gasteiger charge is -2.08. The number of carbonyl (C=O) groups excluding carboxylic acids is 2. The topological polar surface area (TPSA) is 72.2 Å². The van der Waals surface area contributed by atoms with Gasteiger partial charge in [-0.05, 0) is 19.8 Å². The monoisotopic (exact) mass is 196 g/mol. The molecule has 0 aliphatic carbocycles. The van der Waals surface area contributed by atoms with E-state index in [0.717, 1.165) is 25.8 Å². The van der Waals surface area contributed by atoms with Crippen LogP contribution in [0, 0.1) is 5.92 Å². The van der Waals surface area contributed by atoms with Crippen molar-refractivity contribution in [3.8, 4) is 0 Å². The minimum absolute atomic E-state index is 0.00287. The van der Waals surface area contributed by atoms with Gasteiger partial charge in [-0.3, -0.25) is 9.59 Å². The fourth-order valence-corrected chi connectivity index (χ4v) is 1.51. The van der Waals surface area contributed by atoms with Crippen LogP contribution in [0.1, 0.15) is 26.2 Å². The molecule has 3 N–H and O–H groups in total. The lowest BCUT2D eigenvalue weighted by atomic mass is 10.00. The van der Waals surface area contributed by atoms with Gasteiger partial charge in [-0.2, -0.15) is 0 Å². The Morgan fingerprint density at radius 1 is 1.57 bits per heavy atom. The van der Waals surface area contributed by atoms with Crippen molar-refractivity contribution in [1.82, 2.24) is 5.32 Å². The normalized spacial score (nSPS) is 23.9. The van der Waals surface area contributed by atoms with Gasteiger partial charge in [0.2, 0.25) is 11.8 Å². The molecule has 0 spiro atoms. The number of nitrogens with one attached hydrogen (secondary N) is 1. The SMILES string of the molecule is C/C(=C\C1CCCCNC1=O)C(N)=O. The second-order valence-electron chi connectivity index (χ2n) is 3.61. The van der Waals surface area contributed by atoms with Gasteiger partial charge in [-0.15, -0.1) is 0 Å². The Hall–Kier alpha value is -1.32. The fraction of sp³-hybridized carbons (Fsp3) is 0.600. The molecule has 14 heavy (non-hydrogen) atoms. The first-order valence-electron chi connectivity index (χ1n) is 4.87. The van der Waals surface area contributed by atoms with Crippen molar-refractivity contribution in [1.29, 1.82) is 0 Å². The summed E-state index contributed by atoms with van der Waals surface area (Å²) in [5.74, 6) is -0.643. The second kappa shape index (κ2) is 4.79. The molecule has 1 heterocycles. The van der Waals surface area contributed by atoms with E-state index in [2.05, 4.69) is 5.32 Å². The predicted octanol–water partition coefficient (Wildman–Crippen LogP) is 0.334. The molecule has 0 bridgehead atoms. The van der Waals surface area contributed by atoms with Crippen molar-refractivity contribution in [2.45, 2.75) is 26.2 Å². The number of hydrogen-bond acceptors (Lipinski definition) is 2. The largest absolute Gasteiger partial charge is 0.366 e. The molecule has 1 fully saturated rings. The molecule has 1 aliphatic rings. The summed E-state index contributed by atoms with van der Waals surface area (Å²) in [6.45, 7) is 2.37. The molecule has 1 atom stereocenters. The number of nitrogens with two attached hydrogens (primary N) is 1. The van der Waals surface area contributed by atoms with Crippen LogP contribution in [0.25, 0.3) is 0 Å². The zero-order chi connectivity index (χ0) is 10.6. The van der Waals surface area contributed by atoms with Crippen molar-refractivity contribution in [2.24, 2.45) is 11.7 Å². The summed E-state index contributed by atoms with van der Waals surface area (Å²) in [4.78, 5) is 22.3. The molecule has 0 aromatic carbocycles. The van der Waals surface area contributed by atoms with E-state index >= 15 is 0 Å². The Kier molecular flexibility index (Phi) is 3.68. The van der Waals surface area contributed by atoms with Crippen LogP contribution in [-0.2, 0) is 9.59 Å². The van der Waals surface area contributed by atoms with Gasteiger partial charge in [0.25, 0.3) is 0 Å². The lowest BCUT2D eigenvalue weighted by Crippen LogP contribution is -2.28. The number of carbonyl (C=O) groups is 2. The second-order valence-corrected chi connectivity index (χ2v) is 3.61. The fourth-order valence-electron chi connectivity index (χ4n) is 1.51. The van der Waals surface area contributed by atoms with Crippen LogP contribution in [0.5, 0.6) is 0 Å². The maximum absolute atomic E-state index is 11.5. The highest BCUT2D eigenvalue weighted by atomic mass is 16.2. The predicted molar refractivity (Wildman–Crippen MR) is 53.3 cm³/mol. The van der Waals surface area contributed by atoms with Gasteiger partial charge in [-0.25, -0.2) is 0 Å². The van der Waals surface area contributed by atoms with Crippen LogP contribution < -0.4 is 11.1 Å². The summed E-state index contributed by atoms with van der Waals surface area (Å²) >= 11 is 0. The van der Waals surface area contributed by atoms with Gasteiger partial charge >= 0.3 is 0 Å². The van der Waals surface area contributed by atoms with E-state index < -0.39 is 5.91 Å². The van der Waals surface area contributed by atoms with Crippen LogP contribution in [0.3, 0.4) is 0 Å². The smallest absolute Gasteiger partial charge is 0.244 e. The van der Waals surface area contributed by atoms with Crippen LogP contribution in [0.4, 0.5) is 0 Å². The Balaban J connectivity index is 2.69. The van der Waals surface area contributed by atoms with Gasteiger partial charge in [0.15, 0.2) is 0 Å². The van der Waals surface area contributed by atoms with Gasteiger partial charge < -0.3 is 11.1 Å². The van der Waals surface area contributed by atoms with Crippen molar-refractivity contribution >= 4 is 11.8 Å². The first-order chi connectivity index (χ1) is 6.61. The van der Waals surface area contributed by atoms with Crippen LogP contribution in [0.15, 0.2) is 11.6 Å². The summed E-state index contributed by atoms with van der Waals surface area (Å²) in [7, 11) is 0.